The van der Waals surface area contributed by atoms with Crippen LogP contribution in [0.3, 0.4) is 0 Å². The van der Waals surface area contributed by atoms with Gasteiger partial charge in [0.1, 0.15) is 0 Å². The van der Waals surface area contributed by atoms with Crippen LogP contribution >= 0.6 is 0 Å². The minimum atomic E-state index is -0.0667. The molecule has 126 valence electrons. The molecule has 2 atom stereocenters. The normalized spacial score (nSPS) is 21.0. The third kappa shape index (κ3) is 5.65. The van der Waals surface area contributed by atoms with Gasteiger partial charge in [-0.15, -0.1) is 0 Å². The molecular weight excluding hydrogens is 292 g/mol. The van der Waals surface area contributed by atoms with Crippen LogP contribution in [0.5, 0.6) is 0 Å². The van der Waals surface area contributed by atoms with Gasteiger partial charge in [0.2, 0.25) is 11.8 Å². The van der Waals surface area contributed by atoms with Gasteiger partial charge >= 0.3 is 0 Å². The van der Waals surface area contributed by atoms with E-state index in [1.54, 1.807) is 29.2 Å². The van der Waals surface area contributed by atoms with Gasteiger partial charge in [0.05, 0.1) is 6.54 Å². The fraction of sp³-hybridized carbons (Fsp3) is 0.529. The zero-order valence-corrected chi connectivity index (χ0v) is 13.8. The van der Waals surface area contributed by atoms with Crippen LogP contribution in [0.2, 0.25) is 0 Å². The minimum absolute atomic E-state index is 0.00165. The van der Waals surface area contributed by atoms with Crippen LogP contribution in [0.1, 0.15) is 25.7 Å². The van der Waals surface area contributed by atoms with Crippen molar-refractivity contribution in [2.24, 2.45) is 11.7 Å². The van der Waals surface area contributed by atoms with Gasteiger partial charge in [-0.25, -0.2) is 0 Å². The maximum absolute atomic E-state index is 12.3. The van der Waals surface area contributed by atoms with Crippen LogP contribution in [0.15, 0.2) is 24.3 Å². The Morgan fingerprint density at radius 3 is 2.30 bits per heavy atom. The Morgan fingerprint density at radius 1 is 1.13 bits per heavy atom. The highest BCUT2D eigenvalue weighted by molar-refractivity contribution is 5.94. The van der Waals surface area contributed by atoms with Crippen LogP contribution in [-0.2, 0) is 9.59 Å². The molecule has 6 nitrogen and oxygen atoms in total. The molecule has 0 saturated heterocycles. The second-order valence-electron chi connectivity index (χ2n) is 6.48. The lowest BCUT2D eigenvalue weighted by molar-refractivity contribution is -0.121. The summed E-state index contributed by atoms with van der Waals surface area (Å²) in [4.78, 5) is 25.7. The number of anilines is 2. The fourth-order valence-electron chi connectivity index (χ4n) is 2.83. The third-order valence-corrected chi connectivity index (χ3v) is 3.98. The summed E-state index contributed by atoms with van der Waals surface area (Å²) >= 11 is 0. The monoisotopic (exact) mass is 318 g/mol. The Kier molecular flexibility index (Phi) is 6.12. The van der Waals surface area contributed by atoms with Gasteiger partial charge in [-0.3, -0.25) is 9.59 Å². The SMILES string of the molecule is CN(C)CC(=O)Nc1ccc(NC(=O)C2CCCC(N)C2)cc1. The van der Waals surface area contributed by atoms with Gasteiger partial charge < -0.3 is 21.3 Å². The summed E-state index contributed by atoms with van der Waals surface area (Å²) in [5.41, 5.74) is 7.39. The number of hydrogen-bond donors (Lipinski definition) is 3. The Morgan fingerprint density at radius 2 is 1.74 bits per heavy atom. The average Bonchev–Trinajstić information content (AvgIpc) is 2.48. The number of nitrogens with two attached hydrogens (primary N) is 1. The molecule has 2 rings (SSSR count). The molecular formula is C17H26N4O2. The maximum atomic E-state index is 12.3. The lowest BCUT2D eigenvalue weighted by atomic mass is 9.85. The Bertz CT molecular complexity index is 542. The van der Waals surface area contributed by atoms with Crippen molar-refractivity contribution in [2.45, 2.75) is 31.7 Å². The van der Waals surface area contributed by atoms with Crippen molar-refractivity contribution >= 4 is 23.2 Å². The van der Waals surface area contributed by atoms with E-state index in [-0.39, 0.29) is 23.8 Å². The van der Waals surface area contributed by atoms with E-state index < -0.39 is 0 Å². The number of hydrogen-bond acceptors (Lipinski definition) is 4. The van der Waals surface area contributed by atoms with E-state index in [2.05, 4.69) is 10.6 Å². The number of likely N-dealkylation sites (N-methyl/N-ethyl adjacent to an activating group) is 1. The fourth-order valence-corrected chi connectivity index (χ4v) is 2.83. The zero-order chi connectivity index (χ0) is 16.8. The standard InChI is InChI=1S/C17H26N4O2/c1-21(2)11-16(22)19-14-6-8-15(9-7-14)20-17(23)12-4-3-5-13(18)10-12/h6-9,12-13H,3-5,10-11,18H2,1-2H3,(H,19,22)(H,20,23). The van der Waals surface area contributed by atoms with Crippen LogP contribution in [-0.4, -0.2) is 43.4 Å². The van der Waals surface area contributed by atoms with Crippen molar-refractivity contribution in [1.82, 2.24) is 4.90 Å². The molecule has 0 aliphatic heterocycles. The third-order valence-electron chi connectivity index (χ3n) is 3.98. The Labute approximate surface area is 137 Å². The molecule has 6 heteroatoms. The number of benzene rings is 1. The van der Waals surface area contributed by atoms with Crippen LogP contribution in [0.4, 0.5) is 11.4 Å². The van der Waals surface area contributed by atoms with Crippen molar-refractivity contribution in [3.63, 3.8) is 0 Å². The van der Waals surface area contributed by atoms with E-state index in [4.69, 9.17) is 5.73 Å². The molecule has 1 aliphatic carbocycles. The highest BCUT2D eigenvalue weighted by atomic mass is 16.2. The first-order valence-electron chi connectivity index (χ1n) is 8.05. The van der Waals surface area contributed by atoms with Gasteiger partial charge in [0.25, 0.3) is 0 Å². The van der Waals surface area contributed by atoms with Gasteiger partial charge in [-0.1, -0.05) is 6.42 Å². The number of amides is 2. The molecule has 1 saturated carbocycles. The second kappa shape index (κ2) is 8.08. The molecule has 1 fully saturated rings. The molecule has 0 aromatic heterocycles. The summed E-state index contributed by atoms with van der Waals surface area (Å²) in [6, 6.07) is 7.30. The predicted molar refractivity (Wildman–Crippen MR) is 92.2 cm³/mol. The molecule has 0 spiro atoms. The first kappa shape index (κ1) is 17.4. The maximum Gasteiger partial charge on any atom is 0.238 e. The highest BCUT2D eigenvalue weighted by Crippen LogP contribution is 2.24. The molecule has 2 unspecified atom stereocenters. The van der Waals surface area contributed by atoms with E-state index >= 15 is 0 Å². The van der Waals surface area contributed by atoms with Gasteiger partial charge in [0, 0.05) is 23.3 Å². The zero-order valence-electron chi connectivity index (χ0n) is 13.8. The lowest BCUT2D eigenvalue weighted by Gasteiger charge is -2.25. The van der Waals surface area contributed by atoms with Crippen molar-refractivity contribution in [2.75, 3.05) is 31.3 Å². The summed E-state index contributed by atoms with van der Waals surface area (Å²) in [5.74, 6) is -0.0363. The molecule has 4 N–H and O–H groups in total. The van der Waals surface area contributed by atoms with Crippen LogP contribution in [0, 0.1) is 5.92 Å². The average molecular weight is 318 g/mol. The highest BCUT2D eigenvalue weighted by Gasteiger charge is 2.25. The van der Waals surface area contributed by atoms with Crippen molar-refractivity contribution in [3.05, 3.63) is 24.3 Å². The van der Waals surface area contributed by atoms with Crippen LogP contribution in [0.25, 0.3) is 0 Å². The number of carbonyl (C=O) groups excluding carboxylic acids is 2. The largest absolute Gasteiger partial charge is 0.328 e. The van der Waals surface area contributed by atoms with Gasteiger partial charge in [0.15, 0.2) is 0 Å². The van der Waals surface area contributed by atoms with Gasteiger partial charge in [-0.2, -0.15) is 0 Å². The number of nitrogens with zero attached hydrogens (tertiary/aromatic N) is 1. The summed E-state index contributed by atoms with van der Waals surface area (Å²) in [6.07, 6.45) is 3.67. The van der Waals surface area contributed by atoms with Gasteiger partial charge in [-0.05, 0) is 57.6 Å². The number of carbonyl (C=O) groups is 2. The molecule has 23 heavy (non-hydrogen) atoms. The summed E-state index contributed by atoms with van der Waals surface area (Å²) in [6.45, 7) is 0.334. The lowest BCUT2D eigenvalue weighted by Crippen LogP contribution is -2.34. The van der Waals surface area contributed by atoms with Crippen LogP contribution < -0.4 is 16.4 Å². The molecule has 2 amide bonds. The Balaban J connectivity index is 1.87. The van der Waals surface area contributed by atoms with E-state index in [9.17, 15) is 9.59 Å². The van der Waals surface area contributed by atoms with E-state index in [0.29, 0.717) is 6.54 Å². The minimum Gasteiger partial charge on any atom is -0.328 e. The van der Waals surface area contributed by atoms with E-state index in [1.807, 2.05) is 14.1 Å². The first-order valence-corrected chi connectivity index (χ1v) is 8.05. The molecule has 0 radical (unpaired) electrons. The van der Waals surface area contributed by atoms with Crippen molar-refractivity contribution < 1.29 is 9.59 Å². The molecule has 0 bridgehead atoms. The Hall–Kier alpha value is -1.92. The first-order chi connectivity index (χ1) is 10.9. The van der Waals surface area contributed by atoms with E-state index in [0.717, 1.165) is 37.1 Å². The molecule has 0 heterocycles. The molecule has 1 aromatic rings. The molecule has 1 aromatic carbocycles. The second-order valence-corrected chi connectivity index (χ2v) is 6.48. The number of rotatable bonds is 5. The predicted octanol–water partition coefficient (Wildman–Crippen LogP) is 1.64. The van der Waals surface area contributed by atoms with Crippen molar-refractivity contribution in [1.29, 1.82) is 0 Å². The summed E-state index contributed by atoms with van der Waals surface area (Å²) in [5, 5.41) is 5.74. The summed E-state index contributed by atoms with van der Waals surface area (Å²) in [7, 11) is 3.69. The van der Waals surface area contributed by atoms with E-state index in [1.165, 1.54) is 0 Å². The quantitative estimate of drug-likeness (QED) is 0.770. The molecule has 1 aliphatic rings. The number of nitrogens with one attached hydrogen (secondary N) is 2. The van der Waals surface area contributed by atoms with Crippen molar-refractivity contribution in [3.8, 4) is 0 Å². The summed E-state index contributed by atoms with van der Waals surface area (Å²) < 4.78 is 0. The topological polar surface area (TPSA) is 87.5 Å². The smallest absolute Gasteiger partial charge is 0.238 e.